The average molecular weight is 365 g/mol. The summed E-state index contributed by atoms with van der Waals surface area (Å²) >= 11 is 1.46. The van der Waals surface area contributed by atoms with Crippen LogP contribution < -0.4 is 4.90 Å². The highest BCUT2D eigenvalue weighted by Gasteiger charge is 2.25. The van der Waals surface area contributed by atoms with Crippen LogP contribution in [0.5, 0.6) is 0 Å². The third kappa shape index (κ3) is 2.90. The molecule has 0 unspecified atom stereocenters. The molecule has 0 N–H and O–H groups in total. The van der Waals surface area contributed by atoms with Crippen molar-refractivity contribution in [2.75, 3.05) is 11.4 Å². The number of pyridine rings is 1. The van der Waals surface area contributed by atoms with Crippen LogP contribution in [0.2, 0.25) is 0 Å². The highest BCUT2D eigenvalue weighted by atomic mass is 32.2. The first-order chi connectivity index (χ1) is 12.5. The summed E-state index contributed by atoms with van der Waals surface area (Å²) in [5.41, 5.74) is 3.69. The van der Waals surface area contributed by atoms with Crippen LogP contribution in [0.15, 0.2) is 53.9 Å². The topological polar surface area (TPSA) is 54.7 Å². The van der Waals surface area contributed by atoms with Crippen LogP contribution in [0.3, 0.4) is 0 Å². The number of imidazole rings is 1. The van der Waals surface area contributed by atoms with Gasteiger partial charge in [0.1, 0.15) is 0 Å². The van der Waals surface area contributed by atoms with E-state index in [1.54, 1.807) is 11.8 Å². The molecule has 0 fully saturated rings. The van der Waals surface area contributed by atoms with E-state index in [0.717, 1.165) is 28.3 Å². The van der Waals surface area contributed by atoms with Crippen molar-refractivity contribution in [2.24, 2.45) is 0 Å². The molecule has 2 aromatic heterocycles. The minimum atomic E-state index is -0.246. The molecule has 0 radical (unpaired) electrons. The lowest BCUT2D eigenvalue weighted by atomic mass is 10.0. The van der Waals surface area contributed by atoms with Gasteiger partial charge in [-0.05, 0) is 49.2 Å². The zero-order valence-corrected chi connectivity index (χ0v) is 15.5. The molecule has 1 aliphatic rings. The second-order valence-corrected chi connectivity index (χ2v) is 7.73. The van der Waals surface area contributed by atoms with Crippen molar-refractivity contribution >= 4 is 34.7 Å². The number of benzene rings is 1. The standard InChI is InChI=1S/C20H19N3O2S/c1-13(26-20-21-12-17-5-3-4-9-23(17)20)19(25)16-6-7-18-15(11-16)8-10-22(18)14(2)24/h3-7,9,11-13H,8,10H2,1-2H3/t13-/m1/s1. The molecule has 5 nitrogen and oxygen atoms in total. The molecule has 6 heteroatoms. The monoisotopic (exact) mass is 365 g/mol. The third-order valence-corrected chi connectivity index (χ3v) is 5.78. The van der Waals surface area contributed by atoms with Crippen molar-refractivity contribution in [3.05, 3.63) is 59.9 Å². The second kappa shape index (κ2) is 6.61. The second-order valence-electron chi connectivity index (χ2n) is 6.42. The Balaban J connectivity index is 1.55. The summed E-state index contributed by atoms with van der Waals surface area (Å²) in [6.45, 7) is 4.17. The molecule has 3 aromatic rings. The summed E-state index contributed by atoms with van der Waals surface area (Å²) in [5, 5.41) is 0.564. The summed E-state index contributed by atoms with van der Waals surface area (Å²) in [7, 11) is 0. The average Bonchev–Trinajstić information content (AvgIpc) is 3.25. The molecule has 1 aliphatic heterocycles. The summed E-state index contributed by atoms with van der Waals surface area (Å²) in [4.78, 5) is 30.7. The Morgan fingerprint density at radius 2 is 2.08 bits per heavy atom. The van der Waals surface area contributed by atoms with Crippen LogP contribution in [0.1, 0.15) is 29.8 Å². The Labute approximate surface area is 156 Å². The summed E-state index contributed by atoms with van der Waals surface area (Å²) in [6, 6.07) is 11.6. The number of rotatable bonds is 4. The quantitative estimate of drug-likeness (QED) is 0.524. The molecule has 0 spiro atoms. The zero-order valence-electron chi connectivity index (χ0n) is 14.7. The van der Waals surface area contributed by atoms with E-state index in [1.165, 1.54) is 11.8 Å². The first-order valence-corrected chi connectivity index (χ1v) is 9.46. The zero-order chi connectivity index (χ0) is 18.3. The number of carbonyl (C=O) groups excluding carboxylic acids is 2. The first kappa shape index (κ1) is 16.8. The van der Waals surface area contributed by atoms with Crippen LogP contribution in [-0.2, 0) is 11.2 Å². The maximum absolute atomic E-state index is 12.9. The van der Waals surface area contributed by atoms with E-state index in [2.05, 4.69) is 4.98 Å². The molecule has 1 aromatic carbocycles. The predicted octanol–water partition coefficient (Wildman–Crippen LogP) is 3.61. The fourth-order valence-electron chi connectivity index (χ4n) is 3.33. The Morgan fingerprint density at radius 1 is 1.23 bits per heavy atom. The van der Waals surface area contributed by atoms with E-state index < -0.39 is 0 Å². The van der Waals surface area contributed by atoms with Gasteiger partial charge in [-0.1, -0.05) is 17.8 Å². The number of hydrogen-bond donors (Lipinski definition) is 0. The smallest absolute Gasteiger partial charge is 0.223 e. The van der Waals surface area contributed by atoms with Crippen molar-refractivity contribution in [3.8, 4) is 0 Å². The molecule has 1 atom stereocenters. The van der Waals surface area contributed by atoms with Crippen molar-refractivity contribution in [2.45, 2.75) is 30.7 Å². The van der Waals surface area contributed by atoms with Gasteiger partial charge >= 0.3 is 0 Å². The van der Waals surface area contributed by atoms with E-state index in [9.17, 15) is 9.59 Å². The van der Waals surface area contributed by atoms with Crippen molar-refractivity contribution in [1.29, 1.82) is 0 Å². The number of thioether (sulfide) groups is 1. The van der Waals surface area contributed by atoms with Crippen molar-refractivity contribution < 1.29 is 9.59 Å². The molecule has 3 heterocycles. The Hall–Kier alpha value is -2.60. The van der Waals surface area contributed by atoms with Gasteiger partial charge in [0.25, 0.3) is 0 Å². The van der Waals surface area contributed by atoms with E-state index in [1.807, 2.05) is 60.1 Å². The van der Waals surface area contributed by atoms with Gasteiger partial charge in [-0.3, -0.25) is 14.0 Å². The summed E-state index contributed by atoms with van der Waals surface area (Å²) in [5.74, 6) is 0.115. The molecule has 26 heavy (non-hydrogen) atoms. The number of anilines is 1. The van der Waals surface area contributed by atoms with E-state index in [4.69, 9.17) is 0 Å². The van der Waals surface area contributed by atoms with E-state index >= 15 is 0 Å². The van der Waals surface area contributed by atoms with Gasteiger partial charge < -0.3 is 4.90 Å². The largest absolute Gasteiger partial charge is 0.312 e. The molecule has 0 bridgehead atoms. The number of fused-ring (bicyclic) bond motifs is 2. The van der Waals surface area contributed by atoms with Crippen molar-refractivity contribution in [1.82, 2.24) is 9.38 Å². The number of hydrogen-bond acceptors (Lipinski definition) is 4. The third-order valence-electron chi connectivity index (χ3n) is 4.70. The normalized spacial score (nSPS) is 14.5. The van der Waals surface area contributed by atoms with Gasteiger partial charge in [0.05, 0.1) is 17.0 Å². The molecule has 0 aliphatic carbocycles. The number of nitrogens with zero attached hydrogens (tertiary/aromatic N) is 3. The highest BCUT2D eigenvalue weighted by molar-refractivity contribution is 8.00. The minimum Gasteiger partial charge on any atom is -0.312 e. The van der Waals surface area contributed by atoms with Gasteiger partial charge in [-0.2, -0.15) is 0 Å². The van der Waals surface area contributed by atoms with Gasteiger partial charge in [0.15, 0.2) is 10.9 Å². The van der Waals surface area contributed by atoms with Crippen LogP contribution in [0.25, 0.3) is 5.52 Å². The van der Waals surface area contributed by atoms with E-state index in [0.29, 0.717) is 12.1 Å². The molecule has 0 saturated heterocycles. The fraction of sp³-hybridized carbons (Fsp3) is 0.250. The molecule has 0 saturated carbocycles. The van der Waals surface area contributed by atoms with Gasteiger partial charge in [-0.25, -0.2) is 4.98 Å². The number of ketones is 1. The van der Waals surface area contributed by atoms with E-state index in [-0.39, 0.29) is 16.9 Å². The molecular formula is C20H19N3O2S. The molecular weight excluding hydrogens is 346 g/mol. The lowest BCUT2D eigenvalue weighted by Gasteiger charge is -2.15. The highest BCUT2D eigenvalue weighted by Crippen LogP contribution is 2.31. The maximum atomic E-state index is 12.9. The number of amides is 1. The number of carbonyl (C=O) groups is 2. The summed E-state index contributed by atoms with van der Waals surface area (Å²) in [6.07, 6.45) is 4.56. The SMILES string of the molecule is CC(=O)N1CCc2cc(C(=O)[C@@H](C)Sc3ncc4ccccn34)ccc21. The first-order valence-electron chi connectivity index (χ1n) is 8.58. The van der Waals surface area contributed by atoms with Crippen LogP contribution in [-0.4, -0.2) is 32.9 Å². The Bertz CT molecular complexity index is 1010. The summed E-state index contributed by atoms with van der Waals surface area (Å²) < 4.78 is 1.99. The number of Topliss-reactive ketones (excluding diaryl/α,β-unsaturated/α-hetero) is 1. The fourth-order valence-corrected chi connectivity index (χ4v) is 4.29. The van der Waals surface area contributed by atoms with Crippen LogP contribution >= 0.6 is 11.8 Å². The van der Waals surface area contributed by atoms with Crippen LogP contribution in [0.4, 0.5) is 5.69 Å². The predicted molar refractivity (Wildman–Crippen MR) is 103 cm³/mol. The Morgan fingerprint density at radius 3 is 2.88 bits per heavy atom. The van der Waals surface area contributed by atoms with Crippen molar-refractivity contribution in [3.63, 3.8) is 0 Å². The number of aromatic nitrogens is 2. The van der Waals surface area contributed by atoms with Gasteiger partial charge in [-0.15, -0.1) is 0 Å². The lowest BCUT2D eigenvalue weighted by Crippen LogP contribution is -2.25. The molecule has 1 amide bonds. The molecule has 132 valence electrons. The minimum absolute atomic E-state index is 0.0398. The van der Waals surface area contributed by atoms with Crippen LogP contribution in [0, 0.1) is 0 Å². The maximum Gasteiger partial charge on any atom is 0.223 e. The molecule has 4 rings (SSSR count). The van der Waals surface area contributed by atoms with Gasteiger partial charge in [0.2, 0.25) is 5.91 Å². The van der Waals surface area contributed by atoms with Gasteiger partial charge in [0, 0.05) is 30.9 Å². The lowest BCUT2D eigenvalue weighted by molar-refractivity contribution is -0.116. The Kier molecular flexibility index (Phi) is 4.28.